The molecule has 0 amide bonds. The first-order valence-electron chi connectivity index (χ1n) is 6.04. The van der Waals surface area contributed by atoms with Crippen molar-refractivity contribution >= 4 is 38.7 Å². The van der Waals surface area contributed by atoms with Crippen molar-refractivity contribution in [2.75, 3.05) is 0 Å². The number of fused-ring (bicyclic) bond motifs is 5. The lowest BCUT2D eigenvalue weighted by molar-refractivity contribution is -0.389. The average molecular weight is 264 g/mol. The lowest BCUT2D eigenvalue weighted by Gasteiger charge is -1.99. The molecule has 1 N–H and O–H groups in total. The van der Waals surface area contributed by atoms with Crippen LogP contribution in [0.25, 0.3) is 32.8 Å². The molecule has 0 aliphatic carbocycles. The molecule has 4 aromatic rings. The predicted octanol–water partition coefficient (Wildman–Crippen LogP) is 3.17. The summed E-state index contributed by atoms with van der Waals surface area (Å²) in [6.07, 6.45) is 1.24. The Morgan fingerprint density at radius 3 is 2.80 bits per heavy atom. The lowest BCUT2D eigenvalue weighted by atomic mass is 10.1. The normalized spacial score (nSPS) is 11.4. The Morgan fingerprint density at radius 2 is 1.95 bits per heavy atom. The van der Waals surface area contributed by atoms with Gasteiger partial charge in [-0.25, -0.2) is 15.0 Å². The number of aromatic nitrogens is 3. The van der Waals surface area contributed by atoms with Gasteiger partial charge in [-0.05, 0) is 23.1 Å². The Hall–Kier alpha value is -3.02. The monoisotopic (exact) mass is 264 g/mol. The van der Waals surface area contributed by atoms with E-state index in [4.69, 9.17) is 0 Å². The number of H-pyrrole nitrogens is 1. The van der Waals surface area contributed by atoms with Gasteiger partial charge in [0.1, 0.15) is 11.7 Å². The van der Waals surface area contributed by atoms with E-state index in [1.54, 1.807) is 6.07 Å². The van der Waals surface area contributed by atoms with Crippen molar-refractivity contribution in [2.24, 2.45) is 0 Å². The summed E-state index contributed by atoms with van der Waals surface area (Å²) in [5.41, 5.74) is 3.07. The van der Waals surface area contributed by atoms with Gasteiger partial charge in [0.2, 0.25) is 0 Å². The molecular weight excluding hydrogens is 256 g/mol. The third-order valence-corrected chi connectivity index (χ3v) is 3.35. The molecule has 2 aromatic carbocycles. The Kier molecular flexibility index (Phi) is 2.03. The number of nitrogens with one attached hydrogen (secondary N) is 1. The standard InChI is InChI=1S/C14H8N4O2/c19-18(20)12-7-15-14-11(17-12)6-5-10-13(14)8-3-1-2-4-9(8)16-10/h1-7,17H. The number of rotatable bonds is 1. The predicted molar refractivity (Wildman–Crippen MR) is 75.6 cm³/mol. The van der Waals surface area contributed by atoms with E-state index in [2.05, 4.69) is 15.0 Å². The number of nitro groups is 1. The second-order valence-electron chi connectivity index (χ2n) is 4.51. The molecule has 0 aliphatic rings. The summed E-state index contributed by atoms with van der Waals surface area (Å²) >= 11 is 0. The Bertz CT molecular complexity index is 990. The summed E-state index contributed by atoms with van der Waals surface area (Å²) in [5.74, 6) is -0.124. The number of aromatic amines is 1. The molecule has 4 rings (SSSR count). The molecule has 96 valence electrons. The van der Waals surface area contributed by atoms with Crippen molar-refractivity contribution in [1.82, 2.24) is 15.0 Å². The molecule has 20 heavy (non-hydrogen) atoms. The van der Waals surface area contributed by atoms with Crippen LogP contribution in [0.5, 0.6) is 0 Å². The summed E-state index contributed by atoms with van der Waals surface area (Å²) in [6.45, 7) is 0. The zero-order chi connectivity index (χ0) is 13.7. The largest absolute Gasteiger partial charge is 0.358 e. The Balaban J connectivity index is 2.20. The van der Waals surface area contributed by atoms with Crippen molar-refractivity contribution in [2.45, 2.75) is 0 Å². The van der Waals surface area contributed by atoms with Gasteiger partial charge in [-0.15, -0.1) is 0 Å². The highest BCUT2D eigenvalue weighted by molar-refractivity contribution is 6.18. The Labute approximate surface area is 112 Å². The zero-order valence-corrected chi connectivity index (χ0v) is 10.2. The summed E-state index contributed by atoms with van der Waals surface area (Å²) in [4.78, 5) is 21.9. The quantitative estimate of drug-likeness (QED) is 0.422. The van der Waals surface area contributed by atoms with Crippen LogP contribution in [0, 0.1) is 10.1 Å². The molecule has 0 atom stereocenters. The Morgan fingerprint density at radius 1 is 1.10 bits per heavy atom. The van der Waals surface area contributed by atoms with Gasteiger partial charge in [-0.2, -0.15) is 0 Å². The molecule has 0 aliphatic heterocycles. The molecule has 0 saturated heterocycles. The van der Waals surface area contributed by atoms with E-state index in [1.165, 1.54) is 6.20 Å². The van der Waals surface area contributed by atoms with E-state index in [0.717, 1.165) is 21.8 Å². The maximum atomic E-state index is 10.8. The molecule has 0 spiro atoms. The maximum Gasteiger partial charge on any atom is 0.339 e. The maximum absolute atomic E-state index is 10.8. The second-order valence-corrected chi connectivity index (χ2v) is 4.51. The topological polar surface area (TPSA) is 84.7 Å². The van der Waals surface area contributed by atoms with Crippen LogP contribution in [-0.4, -0.2) is 19.9 Å². The molecule has 0 bridgehead atoms. The van der Waals surface area contributed by atoms with Gasteiger partial charge in [0.05, 0.1) is 11.0 Å². The second kappa shape index (κ2) is 3.74. The van der Waals surface area contributed by atoms with E-state index >= 15 is 0 Å². The SMILES string of the molecule is O=[N+]([O-])c1cnc2c(ccc3nc4ccccc4c32)[nH]1. The molecular formula is C14H8N4O2. The van der Waals surface area contributed by atoms with Gasteiger partial charge in [-0.3, -0.25) is 0 Å². The molecule has 0 unspecified atom stereocenters. The van der Waals surface area contributed by atoms with E-state index in [0.29, 0.717) is 11.0 Å². The summed E-state index contributed by atoms with van der Waals surface area (Å²) in [5, 5.41) is 12.7. The first-order valence-corrected chi connectivity index (χ1v) is 6.04. The molecule has 2 aromatic heterocycles. The molecule has 2 heterocycles. The van der Waals surface area contributed by atoms with Crippen molar-refractivity contribution < 1.29 is 4.92 Å². The minimum Gasteiger partial charge on any atom is -0.358 e. The number of nitrogens with zero attached hydrogens (tertiary/aromatic N) is 3. The van der Waals surface area contributed by atoms with Gasteiger partial charge in [0.25, 0.3) is 0 Å². The zero-order valence-electron chi connectivity index (χ0n) is 10.2. The van der Waals surface area contributed by atoms with E-state index in [9.17, 15) is 10.1 Å². The highest BCUT2D eigenvalue weighted by Gasteiger charge is 2.13. The fraction of sp³-hybridized carbons (Fsp3) is 0. The minimum atomic E-state index is -0.488. The molecule has 0 saturated carbocycles. The van der Waals surface area contributed by atoms with Crippen molar-refractivity contribution in [3.8, 4) is 0 Å². The smallest absolute Gasteiger partial charge is 0.339 e. The molecule has 0 fully saturated rings. The number of hydrogen-bond donors (Lipinski definition) is 1. The molecule has 6 nitrogen and oxygen atoms in total. The van der Waals surface area contributed by atoms with E-state index in [1.807, 2.05) is 30.3 Å². The fourth-order valence-corrected chi connectivity index (χ4v) is 2.48. The van der Waals surface area contributed by atoms with Crippen LogP contribution in [0.2, 0.25) is 0 Å². The van der Waals surface area contributed by atoms with Crippen LogP contribution in [0.15, 0.2) is 42.6 Å². The van der Waals surface area contributed by atoms with Gasteiger partial charge in [-0.1, -0.05) is 18.2 Å². The highest BCUT2D eigenvalue weighted by atomic mass is 16.6. The first-order chi connectivity index (χ1) is 9.74. The van der Waals surface area contributed by atoms with Gasteiger partial charge < -0.3 is 10.1 Å². The summed E-state index contributed by atoms with van der Waals surface area (Å²) in [6, 6.07) is 11.4. The third-order valence-electron chi connectivity index (χ3n) is 3.35. The molecule has 0 radical (unpaired) electrons. The van der Waals surface area contributed by atoms with Crippen molar-refractivity contribution in [1.29, 1.82) is 0 Å². The number of para-hydroxylation sites is 1. The van der Waals surface area contributed by atoms with Crippen LogP contribution in [0.1, 0.15) is 0 Å². The van der Waals surface area contributed by atoms with Crippen LogP contribution in [-0.2, 0) is 0 Å². The summed E-state index contributed by atoms with van der Waals surface area (Å²) < 4.78 is 0. The van der Waals surface area contributed by atoms with Gasteiger partial charge in [0.15, 0.2) is 5.52 Å². The van der Waals surface area contributed by atoms with Crippen LogP contribution >= 0.6 is 0 Å². The van der Waals surface area contributed by atoms with E-state index < -0.39 is 4.92 Å². The first kappa shape index (κ1) is 10.9. The average Bonchev–Trinajstić information content (AvgIpc) is 2.85. The molecule has 6 heteroatoms. The van der Waals surface area contributed by atoms with Crippen LogP contribution in [0.4, 0.5) is 5.82 Å². The van der Waals surface area contributed by atoms with Crippen LogP contribution < -0.4 is 0 Å². The van der Waals surface area contributed by atoms with Crippen molar-refractivity contribution in [3.63, 3.8) is 0 Å². The number of hydrogen-bond acceptors (Lipinski definition) is 4. The lowest BCUT2D eigenvalue weighted by Crippen LogP contribution is -1.94. The van der Waals surface area contributed by atoms with Crippen molar-refractivity contribution in [3.05, 3.63) is 52.7 Å². The minimum absolute atomic E-state index is 0.124. The number of benzene rings is 2. The van der Waals surface area contributed by atoms with Gasteiger partial charge >= 0.3 is 5.82 Å². The third kappa shape index (κ3) is 1.38. The fourth-order valence-electron chi connectivity index (χ4n) is 2.48. The van der Waals surface area contributed by atoms with E-state index in [-0.39, 0.29) is 5.82 Å². The van der Waals surface area contributed by atoms with Gasteiger partial charge in [0, 0.05) is 10.8 Å². The summed E-state index contributed by atoms with van der Waals surface area (Å²) in [7, 11) is 0. The highest BCUT2D eigenvalue weighted by Crippen LogP contribution is 2.30. The van der Waals surface area contributed by atoms with Crippen LogP contribution in [0.3, 0.4) is 0 Å².